The maximum Gasteiger partial charge on any atom is 0.469 e. The Morgan fingerprint density at radius 3 is 2.78 bits per heavy atom. The van der Waals surface area contributed by atoms with Gasteiger partial charge in [-0.1, -0.05) is 0 Å². The van der Waals surface area contributed by atoms with Crippen LogP contribution in [-0.4, -0.2) is 64.7 Å². The number of nitrogens with zero attached hydrogens (tertiary/aromatic N) is 4. The van der Waals surface area contributed by atoms with Crippen molar-refractivity contribution in [3.63, 3.8) is 0 Å². The van der Waals surface area contributed by atoms with Gasteiger partial charge >= 0.3 is 7.82 Å². The van der Waals surface area contributed by atoms with E-state index in [0.29, 0.717) is 5.39 Å². The van der Waals surface area contributed by atoms with Gasteiger partial charge in [-0.15, -0.1) is 0 Å². The lowest BCUT2D eigenvalue weighted by molar-refractivity contribution is -0.0559. The van der Waals surface area contributed by atoms with Gasteiger partial charge in [0.15, 0.2) is 11.9 Å². The molecule has 13 heteroatoms. The highest BCUT2D eigenvalue weighted by atomic mass is 31.2. The summed E-state index contributed by atoms with van der Waals surface area (Å²) in [6.45, 7) is -0.602. The Morgan fingerprint density at radius 1 is 1.35 bits per heavy atom. The van der Waals surface area contributed by atoms with E-state index in [1.807, 2.05) is 0 Å². The zero-order chi connectivity index (χ0) is 16.8. The van der Waals surface area contributed by atoms with E-state index < -0.39 is 39.0 Å². The number of aliphatic hydroxyl groups is 2. The summed E-state index contributed by atoms with van der Waals surface area (Å²) in [4.78, 5) is 25.2. The molecule has 2 aromatic rings. The predicted octanol–water partition coefficient (Wildman–Crippen LogP) is -1.86. The molecule has 1 aliphatic heterocycles. The molecule has 12 nitrogen and oxygen atoms in total. The number of phosphoric acid groups is 1. The third-order valence-electron chi connectivity index (χ3n) is 3.41. The van der Waals surface area contributed by atoms with Gasteiger partial charge in [0.05, 0.1) is 18.2 Å². The van der Waals surface area contributed by atoms with E-state index in [1.165, 1.54) is 17.2 Å². The second kappa shape index (κ2) is 5.76. The van der Waals surface area contributed by atoms with Crippen molar-refractivity contribution in [1.82, 2.24) is 19.7 Å². The van der Waals surface area contributed by atoms with Crippen LogP contribution in [0.15, 0.2) is 12.5 Å². The first-order valence-electron chi connectivity index (χ1n) is 6.43. The van der Waals surface area contributed by atoms with Crippen LogP contribution in [0.2, 0.25) is 0 Å². The molecule has 1 saturated heterocycles. The van der Waals surface area contributed by atoms with Crippen molar-refractivity contribution in [2.45, 2.75) is 24.5 Å². The molecule has 0 saturated carbocycles. The van der Waals surface area contributed by atoms with Gasteiger partial charge in [0.25, 0.3) is 0 Å². The Hall–Kier alpha value is -1.66. The molecule has 3 heterocycles. The first kappa shape index (κ1) is 16.2. The number of rotatable bonds is 4. The Morgan fingerprint density at radius 2 is 2.09 bits per heavy atom. The van der Waals surface area contributed by atoms with Crippen molar-refractivity contribution in [1.29, 1.82) is 0 Å². The Bertz CT molecular complexity index is 763. The minimum absolute atomic E-state index is 0.190. The van der Waals surface area contributed by atoms with E-state index in [2.05, 4.69) is 19.6 Å². The fourth-order valence-electron chi connectivity index (χ4n) is 2.31. The van der Waals surface area contributed by atoms with Gasteiger partial charge in [0.2, 0.25) is 0 Å². The first-order valence-corrected chi connectivity index (χ1v) is 7.96. The van der Waals surface area contributed by atoms with Gasteiger partial charge in [0, 0.05) is 0 Å². The molecule has 1 aliphatic rings. The highest BCUT2D eigenvalue weighted by molar-refractivity contribution is 7.46. The van der Waals surface area contributed by atoms with Crippen LogP contribution in [-0.2, 0) is 13.8 Å². The smallest absolute Gasteiger partial charge is 0.387 e. The normalized spacial score (nSPS) is 28.5. The zero-order valence-corrected chi connectivity index (χ0v) is 12.4. The number of hydrogen-bond acceptors (Lipinski definition) is 9. The van der Waals surface area contributed by atoms with Crippen molar-refractivity contribution in [2.75, 3.05) is 12.3 Å². The van der Waals surface area contributed by atoms with Crippen LogP contribution in [0.5, 0.6) is 0 Å². The average Bonchev–Trinajstić information content (AvgIpc) is 3.01. The average molecular weight is 347 g/mol. The molecule has 2 aromatic heterocycles. The summed E-state index contributed by atoms with van der Waals surface area (Å²) in [5.41, 5.74) is 5.97. The lowest BCUT2D eigenvalue weighted by Crippen LogP contribution is -2.33. The molecule has 0 unspecified atom stereocenters. The fraction of sp³-hybridized carbons (Fsp3) is 0.500. The molecule has 23 heavy (non-hydrogen) atoms. The summed E-state index contributed by atoms with van der Waals surface area (Å²) in [6, 6.07) is 0. The lowest BCUT2D eigenvalue weighted by Gasteiger charge is -2.15. The molecular weight excluding hydrogens is 333 g/mol. The molecule has 0 amide bonds. The molecule has 0 spiro atoms. The van der Waals surface area contributed by atoms with Crippen molar-refractivity contribution in [2.24, 2.45) is 0 Å². The molecule has 0 bridgehead atoms. The summed E-state index contributed by atoms with van der Waals surface area (Å²) in [5.74, 6) is 0.190. The third kappa shape index (κ3) is 3.05. The van der Waals surface area contributed by atoms with Crippen LogP contribution in [0, 0.1) is 0 Å². The molecule has 0 aliphatic carbocycles. The highest BCUT2D eigenvalue weighted by Gasteiger charge is 2.45. The summed E-state index contributed by atoms with van der Waals surface area (Å²) in [7, 11) is -4.72. The SMILES string of the molecule is Nc1ncnc2c1cnn2[C@@H]1O[C@H](COP(=O)(O)O)[C@@H](O)[C@H]1O. The number of anilines is 1. The van der Waals surface area contributed by atoms with Crippen molar-refractivity contribution < 1.29 is 33.8 Å². The number of phosphoric ester groups is 1. The van der Waals surface area contributed by atoms with E-state index in [9.17, 15) is 14.8 Å². The third-order valence-corrected chi connectivity index (χ3v) is 3.89. The number of aromatic nitrogens is 4. The largest absolute Gasteiger partial charge is 0.469 e. The van der Waals surface area contributed by atoms with Gasteiger partial charge in [0.1, 0.15) is 30.5 Å². The Balaban J connectivity index is 1.85. The highest BCUT2D eigenvalue weighted by Crippen LogP contribution is 2.38. The van der Waals surface area contributed by atoms with Crippen molar-refractivity contribution in [3.8, 4) is 0 Å². The van der Waals surface area contributed by atoms with Gasteiger partial charge in [-0.2, -0.15) is 5.10 Å². The zero-order valence-electron chi connectivity index (χ0n) is 11.5. The van der Waals surface area contributed by atoms with Crippen LogP contribution in [0.3, 0.4) is 0 Å². The molecule has 126 valence electrons. The maximum atomic E-state index is 10.7. The minimum atomic E-state index is -4.72. The Kier molecular flexibility index (Phi) is 4.06. The molecule has 3 rings (SSSR count). The number of aliphatic hydroxyl groups excluding tert-OH is 2. The first-order chi connectivity index (χ1) is 10.8. The number of hydrogen-bond donors (Lipinski definition) is 5. The van der Waals surface area contributed by atoms with E-state index in [1.54, 1.807) is 0 Å². The quantitative estimate of drug-likeness (QED) is 0.390. The van der Waals surface area contributed by atoms with Crippen LogP contribution < -0.4 is 5.73 Å². The second-order valence-electron chi connectivity index (χ2n) is 4.92. The summed E-state index contributed by atoms with van der Waals surface area (Å²) < 4.78 is 21.6. The second-order valence-corrected chi connectivity index (χ2v) is 6.16. The van der Waals surface area contributed by atoms with Gasteiger partial charge in [-0.25, -0.2) is 19.2 Å². The predicted molar refractivity (Wildman–Crippen MR) is 73.7 cm³/mol. The molecule has 0 radical (unpaired) electrons. The monoisotopic (exact) mass is 347 g/mol. The van der Waals surface area contributed by atoms with Gasteiger partial charge in [-0.05, 0) is 0 Å². The topological polar surface area (TPSA) is 186 Å². The molecule has 0 aromatic carbocycles. The molecule has 4 atom stereocenters. The fourth-order valence-corrected chi connectivity index (χ4v) is 2.65. The van der Waals surface area contributed by atoms with Crippen LogP contribution in [0.1, 0.15) is 6.23 Å². The van der Waals surface area contributed by atoms with Gasteiger partial charge in [-0.3, -0.25) is 4.52 Å². The van der Waals surface area contributed by atoms with Crippen LogP contribution in [0.25, 0.3) is 11.0 Å². The van der Waals surface area contributed by atoms with Gasteiger partial charge < -0.3 is 30.5 Å². The lowest BCUT2D eigenvalue weighted by atomic mass is 10.1. The minimum Gasteiger partial charge on any atom is -0.387 e. The molecular formula is C10H14N5O7P. The summed E-state index contributed by atoms with van der Waals surface area (Å²) >= 11 is 0. The standard InChI is InChI=1S/C10H14N5O7P/c11-8-4-1-14-15(9(4)13-3-12-8)10-7(17)6(16)5(22-10)2-21-23(18,19)20/h1,3,5-7,10,16-17H,2H2,(H2,11,12,13)(H2,18,19,20)/t5-,6-,7-,10-/m1/s1. The molecule has 6 N–H and O–H groups in total. The number of nitrogens with two attached hydrogens (primary N) is 1. The molecule has 1 fully saturated rings. The number of ether oxygens (including phenoxy) is 1. The van der Waals surface area contributed by atoms with E-state index in [4.69, 9.17) is 20.3 Å². The number of nitrogen functional groups attached to an aromatic ring is 1. The van der Waals surface area contributed by atoms with Crippen LogP contribution in [0.4, 0.5) is 5.82 Å². The van der Waals surface area contributed by atoms with E-state index >= 15 is 0 Å². The number of fused-ring (bicyclic) bond motifs is 1. The van der Waals surface area contributed by atoms with E-state index in [0.717, 1.165) is 0 Å². The maximum absolute atomic E-state index is 10.7. The van der Waals surface area contributed by atoms with Crippen molar-refractivity contribution in [3.05, 3.63) is 12.5 Å². The van der Waals surface area contributed by atoms with E-state index in [-0.39, 0.29) is 11.5 Å². The summed E-state index contributed by atoms with van der Waals surface area (Å²) in [6.07, 6.45) is -2.51. The van der Waals surface area contributed by atoms with Crippen molar-refractivity contribution >= 4 is 24.7 Å². The summed E-state index contributed by atoms with van der Waals surface area (Å²) in [5, 5.41) is 24.5. The van der Waals surface area contributed by atoms with Crippen LogP contribution >= 0.6 is 7.82 Å². The Labute approximate surface area is 128 Å².